The third-order valence-electron chi connectivity index (χ3n) is 3.78. The normalized spacial score (nSPS) is 10.9. The van der Waals surface area contributed by atoms with Crippen molar-refractivity contribution < 1.29 is 14.3 Å². The van der Waals surface area contributed by atoms with E-state index in [1.165, 1.54) is 0 Å². The van der Waals surface area contributed by atoms with Crippen LogP contribution in [0.3, 0.4) is 0 Å². The Morgan fingerprint density at radius 1 is 1.20 bits per heavy atom. The van der Waals surface area contributed by atoms with Crippen molar-refractivity contribution in [1.82, 2.24) is 4.57 Å². The molecule has 1 aromatic heterocycles. The molecule has 2 rings (SSSR count). The topological polar surface area (TPSA) is 76.3 Å². The van der Waals surface area contributed by atoms with Gasteiger partial charge in [-0.05, 0) is 64.4 Å². The number of ether oxygens (including phenoxy) is 2. The first-order valence-electron chi connectivity index (χ1n) is 7.94. The maximum atomic E-state index is 12.2. The van der Waals surface area contributed by atoms with E-state index < -0.39 is 11.7 Å². The smallest absolute Gasteiger partial charge is 0.413 e. The van der Waals surface area contributed by atoms with E-state index in [0.29, 0.717) is 11.4 Å². The SMILES string of the molecule is COc1ccc(-n2c(C)c(C)c(C#N)c2NC(=O)OC(C)(C)C)cc1. The number of amides is 1. The van der Waals surface area contributed by atoms with Crippen molar-refractivity contribution in [2.45, 2.75) is 40.2 Å². The summed E-state index contributed by atoms with van der Waals surface area (Å²) in [6.45, 7) is 9.12. The number of anilines is 1. The molecule has 2 aromatic rings. The minimum absolute atomic E-state index is 0.400. The van der Waals surface area contributed by atoms with Gasteiger partial charge in [0.1, 0.15) is 23.2 Å². The number of carbonyl (C=O) groups excluding carboxylic acids is 1. The summed E-state index contributed by atoms with van der Waals surface area (Å²) < 4.78 is 12.3. The fourth-order valence-corrected chi connectivity index (χ4v) is 2.52. The highest BCUT2D eigenvalue weighted by Gasteiger charge is 2.23. The van der Waals surface area contributed by atoms with Crippen LogP contribution in [0.1, 0.15) is 37.6 Å². The molecule has 0 saturated carbocycles. The summed E-state index contributed by atoms with van der Waals surface area (Å²) in [5.41, 5.74) is 2.28. The highest BCUT2D eigenvalue weighted by molar-refractivity contribution is 5.87. The Hall–Kier alpha value is -2.94. The number of nitrogens with one attached hydrogen (secondary N) is 1. The Bertz CT molecular complexity index is 822. The Labute approximate surface area is 148 Å². The summed E-state index contributed by atoms with van der Waals surface area (Å²) in [4.78, 5) is 12.2. The number of nitriles is 1. The standard InChI is InChI=1S/C19H23N3O3/c1-12-13(2)22(14-7-9-15(24-6)10-8-14)17(16(12)11-20)21-18(23)25-19(3,4)5/h7-10H,1-6H3,(H,21,23). The van der Waals surface area contributed by atoms with E-state index in [0.717, 1.165) is 22.7 Å². The number of rotatable bonds is 3. The average Bonchev–Trinajstić information content (AvgIpc) is 2.76. The maximum Gasteiger partial charge on any atom is 0.413 e. The molecule has 1 aromatic carbocycles. The van der Waals surface area contributed by atoms with E-state index in [1.54, 1.807) is 27.9 Å². The van der Waals surface area contributed by atoms with Crippen molar-refractivity contribution in [2.24, 2.45) is 0 Å². The van der Waals surface area contributed by atoms with Gasteiger partial charge in [-0.3, -0.25) is 9.88 Å². The zero-order valence-corrected chi connectivity index (χ0v) is 15.4. The van der Waals surface area contributed by atoms with Gasteiger partial charge < -0.3 is 9.47 Å². The van der Waals surface area contributed by atoms with Gasteiger partial charge in [0.25, 0.3) is 0 Å². The average molecular weight is 341 g/mol. The minimum atomic E-state index is -0.626. The lowest BCUT2D eigenvalue weighted by Gasteiger charge is -2.20. The van der Waals surface area contributed by atoms with Crippen molar-refractivity contribution in [3.8, 4) is 17.5 Å². The quantitative estimate of drug-likeness (QED) is 0.902. The van der Waals surface area contributed by atoms with Crippen molar-refractivity contribution in [3.63, 3.8) is 0 Å². The maximum absolute atomic E-state index is 12.2. The number of benzene rings is 1. The molecule has 6 nitrogen and oxygen atoms in total. The van der Waals surface area contributed by atoms with Gasteiger partial charge in [0.15, 0.2) is 0 Å². The second-order valence-corrected chi connectivity index (χ2v) is 6.71. The largest absolute Gasteiger partial charge is 0.497 e. The molecular formula is C19H23N3O3. The third-order valence-corrected chi connectivity index (χ3v) is 3.78. The number of hydrogen-bond acceptors (Lipinski definition) is 4. The molecule has 0 aliphatic heterocycles. The summed E-state index contributed by atoms with van der Waals surface area (Å²) in [7, 11) is 1.60. The Balaban J connectivity index is 2.52. The monoisotopic (exact) mass is 341 g/mol. The van der Waals surface area contributed by atoms with Crippen LogP contribution in [-0.4, -0.2) is 23.4 Å². The number of hydrogen-bond donors (Lipinski definition) is 1. The highest BCUT2D eigenvalue weighted by Crippen LogP contribution is 2.31. The second-order valence-electron chi connectivity index (χ2n) is 6.71. The van der Waals surface area contributed by atoms with Crippen LogP contribution in [0.2, 0.25) is 0 Å². The molecule has 1 N–H and O–H groups in total. The van der Waals surface area contributed by atoms with Gasteiger partial charge in [0, 0.05) is 11.4 Å². The predicted octanol–water partition coefficient (Wildman–Crippen LogP) is 4.32. The molecule has 1 heterocycles. The van der Waals surface area contributed by atoms with Crippen LogP contribution in [0.25, 0.3) is 5.69 Å². The molecule has 0 unspecified atom stereocenters. The first-order chi connectivity index (χ1) is 11.7. The van der Waals surface area contributed by atoms with E-state index in [9.17, 15) is 10.1 Å². The Morgan fingerprint density at radius 3 is 2.28 bits per heavy atom. The molecule has 0 saturated heterocycles. The first kappa shape index (κ1) is 18.4. The van der Waals surface area contributed by atoms with Gasteiger partial charge in [-0.1, -0.05) is 0 Å². The van der Waals surface area contributed by atoms with E-state index in [4.69, 9.17) is 9.47 Å². The lowest BCUT2D eigenvalue weighted by atomic mass is 10.2. The molecule has 0 spiro atoms. The van der Waals surface area contributed by atoms with Crippen LogP contribution in [0.15, 0.2) is 24.3 Å². The van der Waals surface area contributed by atoms with Gasteiger partial charge in [0.05, 0.1) is 12.7 Å². The highest BCUT2D eigenvalue weighted by atomic mass is 16.6. The van der Waals surface area contributed by atoms with Crippen LogP contribution >= 0.6 is 0 Å². The lowest BCUT2D eigenvalue weighted by molar-refractivity contribution is 0.0635. The molecule has 0 aliphatic carbocycles. The molecule has 1 amide bonds. The van der Waals surface area contributed by atoms with E-state index in [1.807, 2.05) is 42.7 Å². The van der Waals surface area contributed by atoms with Gasteiger partial charge in [-0.15, -0.1) is 0 Å². The van der Waals surface area contributed by atoms with Crippen LogP contribution in [0, 0.1) is 25.2 Å². The van der Waals surface area contributed by atoms with E-state index in [-0.39, 0.29) is 0 Å². The molecule has 25 heavy (non-hydrogen) atoms. The van der Waals surface area contributed by atoms with Crippen molar-refractivity contribution in [2.75, 3.05) is 12.4 Å². The van der Waals surface area contributed by atoms with Gasteiger partial charge in [-0.25, -0.2) is 4.79 Å². The van der Waals surface area contributed by atoms with Crippen molar-refractivity contribution in [3.05, 3.63) is 41.1 Å². The fourth-order valence-electron chi connectivity index (χ4n) is 2.52. The van der Waals surface area contributed by atoms with Gasteiger partial charge in [-0.2, -0.15) is 5.26 Å². The molecule has 0 radical (unpaired) electrons. The lowest BCUT2D eigenvalue weighted by Crippen LogP contribution is -2.28. The molecule has 0 fully saturated rings. The number of nitrogens with zero attached hydrogens (tertiary/aromatic N) is 2. The molecule has 132 valence electrons. The molecule has 0 bridgehead atoms. The van der Waals surface area contributed by atoms with Crippen LogP contribution in [-0.2, 0) is 4.74 Å². The Kier molecular flexibility index (Phi) is 5.07. The molecular weight excluding hydrogens is 318 g/mol. The number of methoxy groups -OCH3 is 1. The molecule has 6 heteroatoms. The zero-order valence-electron chi connectivity index (χ0n) is 15.4. The van der Waals surface area contributed by atoms with Crippen LogP contribution in [0.5, 0.6) is 5.75 Å². The van der Waals surface area contributed by atoms with Crippen molar-refractivity contribution >= 4 is 11.9 Å². The van der Waals surface area contributed by atoms with E-state index in [2.05, 4.69) is 11.4 Å². The number of carbonyl (C=O) groups is 1. The summed E-state index contributed by atoms with van der Waals surface area (Å²) in [5, 5.41) is 12.3. The molecule has 0 atom stereocenters. The summed E-state index contributed by atoms with van der Waals surface area (Å²) in [6, 6.07) is 9.56. The van der Waals surface area contributed by atoms with Gasteiger partial charge in [0.2, 0.25) is 0 Å². The fraction of sp³-hybridized carbons (Fsp3) is 0.368. The summed E-state index contributed by atoms with van der Waals surface area (Å²) >= 11 is 0. The second kappa shape index (κ2) is 6.89. The number of aromatic nitrogens is 1. The summed E-state index contributed by atoms with van der Waals surface area (Å²) in [5.74, 6) is 1.13. The van der Waals surface area contributed by atoms with Crippen LogP contribution in [0.4, 0.5) is 10.6 Å². The first-order valence-corrected chi connectivity index (χ1v) is 7.94. The van der Waals surface area contributed by atoms with Gasteiger partial charge >= 0.3 is 6.09 Å². The zero-order chi connectivity index (χ0) is 18.8. The predicted molar refractivity (Wildman–Crippen MR) is 96.4 cm³/mol. The van der Waals surface area contributed by atoms with Crippen molar-refractivity contribution in [1.29, 1.82) is 5.26 Å². The third kappa shape index (κ3) is 3.94. The minimum Gasteiger partial charge on any atom is -0.497 e. The van der Waals surface area contributed by atoms with E-state index >= 15 is 0 Å². The van der Waals surface area contributed by atoms with Crippen LogP contribution < -0.4 is 10.1 Å². The summed E-state index contributed by atoms with van der Waals surface area (Å²) in [6.07, 6.45) is -0.601. The molecule has 0 aliphatic rings. The Morgan fingerprint density at radius 2 is 1.80 bits per heavy atom.